The number of hydrogen-bond acceptors (Lipinski definition) is 3. The Morgan fingerprint density at radius 1 is 1.67 bits per heavy atom. The van der Waals surface area contributed by atoms with Crippen molar-refractivity contribution in [2.75, 3.05) is 6.54 Å². The van der Waals surface area contributed by atoms with Crippen molar-refractivity contribution in [2.24, 2.45) is 5.73 Å². The Balaban J connectivity index is 3.59. The number of carbonyl (C=O) groups excluding carboxylic acids is 1. The maximum absolute atomic E-state index is 11.1. The molecule has 1 atom stereocenters. The molecule has 0 aromatic heterocycles. The van der Waals surface area contributed by atoms with Gasteiger partial charge in [0.2, 0.25) is 5.91 Å². The number of rotatable bonds is 4. The first-order valence-corrected chi connectivity index (χ1v) is 4.09. The van der Waals surface area contributed by atoms with Crippen molar-refractivity contribution in [3.8, 4) is 0 Å². The molecule has 0 heterocycles. The standard InChI is InChI=1S/C8H18N2O2/c1-6(11)4-5-10-7(12)8(2,3)9/h6,11H,4-5,9H2,1-3H3,(H,10,12). The van der Waals surface area contributed by atoms with Crippen LogP contribution in [-0.2, 0) is 4.79 Å². The van der Waals surface area contributed by atoms with Gasteiger partial charge in [0.05, 0.1) is 11.6 Å². The molecule has 0 bridgehead atoms. The van der Waals surface area contributed by atoms with Gasteiger partial charge in [0.25, 0.3) is 0 Å². The monoisotopic (exact) mass is 174 g/mol. The Morgan fingerprint density at radius 3 is 2.50 bits per heavy atom. The zero-order valence-electron chi connectivity index (χ0n) is 7.92. The van der Waals surface area contributed by atoms with Crippen LogP contribution in [0.2, 0.25) is 0 Å². The SMILES string of the molecule is CC(O)CCNC(=O)C(C)(C)N. The summed E-state index contributed by atoms with van der Waals surface area (Å²) in [5, 5.41) is 11.5. The van der Waals surface area contributed by atoms with Crippen molar-refractivity contribution in [1.29, 1.82) is 0 Å². The average molecular weight is 174 g/mol. The molecule has 0 aromatic rings. The maximum Gasteiger partial charge on any atom is 0.239 e. The van der Waals surface area contributed by atoms with Crippen molar-refractivity contribution in [1.82, 2.24) is 5.32 Å². The molecule has 4 nitrogen and oxygen atoms in total. The van der Waals surface area contributed by atoms with Crippen molar-refractivity contribution in [3.05, 3.63) is 0 Å². The van der Waals surface area contributed by atoms with Gasteiger partial charge in [-0.1, -0.05) is 0 Å². The van der Waals surface area contributed by atoms with Crippen LogP contribution in [0.25, 0.3) is 0 Å². The first-order valence-electron chi connectivity index (χ1n) is 4.09. The lowest BCUT2D eigenvalue weighted by molar-refractivity contribution is -0.125. The fourth-order valence-electron chi connectivity index (χ4n) is 0.622. The highest BCUT2D eigenvalue weighted by Gasteiger charge is 2.20. The van der Waals surface area contributed by atoms with Gasteiger partial charge in [-0.3, -0.25) is 4.79 Å². The molecule has 4 N–H and O–H groups in total. The topological polar surface area (TPSA) is 75.3 Å². The minimum absolute atomic E-state index is 0.192. The predicted octanol–water partition coefficient (Wildman–Crippen LogP) is -0.389. The second-order valence-corrected chi connectivity index (χ2v) is 3.62. The quantitative estimate of drug-likeness (QED) is 0.543. The van der Waals surface area contributed by atoms with Crippen LogP contribution in [0.5, 0.6) is 0 Å². The number of carbonyl (C=O) groups is 1. The molecule has 0 rings (SSSR count). The summed E-state index contributed by atoms with van der Waals surface area (Å²) in [7, 11) is 0. The van der Waals surface area contributed by atoms with Crippen LogP contribution in [-0.4, -0.2) is 29.2 Å². The molecule has 1 unspecified atom stereocenters. The zero-order chi connectivity index (χ0) is 9.78. The fourth-order valence-corrected chi connectivity index (χ4v) is 0.622. The van der Waals surface area contributed by atoms with E-state index in [9.17, 15) is 4.79 Å². The number of aliphatic hydroxyl groups is 1. The van der Waals surface area contributed by atoms with E-state index in [2.05, 4.69) is 5.32 Å². The molecule has 0 aliphatic heterocycles. The summed E-state index contributed by atoms with van der Waals surface area (Å²) in [5.74, 6) is -0.192. The molecule has 0 spiro atoms. The van der Waals surface area contributed by atoms with Crippen molar-refractivity contribution in [3.63, 3.8) is 0 Å². The molecule has 0 aliphatic rings. The van der Waals surface area contributed by atoms with E-state index in [1.54, 1.807) is 20.8 Å². The smallest absolute Gasteiger partial charge is 0.239 e. The minimum Gasteiger partial charge on any atom is -0.393 e. The first kappa shape index (κ1) is 11.4. The predicted molar refractivity (Wildman–Crippen MR) is 47.6 cm³/mol. The lowest BCUT2D eigenvalue weighted by Crippen LogP contribution is -2.49. The molecule has 0 aromatic carbocycles. The van der Waals surface area contributed by atoms with E-state index in [0.29, 0.717) is 13.0 Å². The van der Waals surface area contributed by atoms with Gasteiger partial charge in [0.1, 0.15) is 0 Å². The number of nitrogens with one attached hydrogen (secondary N) is 1. The Labute approximate surface area is 73.1 Å². The van der Waals surface area contributed by atoms with E-state index < -0.39 is 5.54 Å². The molecule has 4 heteroatoms. The van der Waals surface area contributed by atoms with Gasteiger partial charge in [0, 0.05) is 6.54 Å². The van der Waals surface area contributed by atoms with Crippen molar-refractivity contribution < 1.29 is 9.90 Å². The summed E-state index contributed by atoms with van der Waals surface area (Å²) in [6.45, 7) is 5.44. The minimum atomic E-state index is -0.835. The van der Waals surface area contributed by atoms with Gasteiger partial charge in [-0.15, -0.1) is 0 Å². The molecule has 1 amide bonds. The maximum atomic E-state index is 11.1. The third kappa shape index (κ3) is 5.09. The number of hydrogen-bond donors (Lipinski definition) is 3. The van der Waals surface area contributed by atoms with Gasteiger partial charge in [-0.2, -0.15) is 0 Å². The third-order valence-electron chi connectivity index (χ3n) is 1.43. The highest BCUT2D eigenvalue weighted by molar-refractivity contribution is 5.84. The van der Waals surface area contributed by atoms with Gasteiger partial charge >= 0.3 is 0 Å². The average Bonchev–Trinajstić information content (AvgIpc) is 1.84. The van der Waals surface area contributed by atoms with Crippen LogP contribution in [0.1, 0.15) is 27.2 Å². The van der Waals surface area contributed by atoms with Gasteiger partial charge < -0.3 is 16.2 Å². The summed E-state index contributed by atoms with van der Waals surface area (Å²) in [6.07, 6.45) is 0.174. The summed E-state index contributed by atoms with van der Waals surface area (Å²) in [5.41, 5.74) is 4.69. The zero-order valence-corrected chi connectivity index (χ0v) is 7.92. The second kappa shape index (κ2) is 4.42. The van der Waals surface area contributed by atoms with Crippen LogP contribution in [0.15, 0.2) is 0 Å². The number of amides is 1. The summed E-state index contributed by atoms with van der Waals surface area (Å²) < 4.78 is 0. The van der Waals surface area contributed by atoms with Gasteiger partial charge in [0.15, 0.2) is 0 Å². The Bertz CT molecular complexity index is 150. The van der Waals surface area contributed by atoms with Crippen LogP contribution in [0.4, 0.5) is 0 Å². The number of aliphatic hydroxyl groups excluding tert-OH is 1. The molecule has 12 heavy (non-hydrogen) atoms. The molecule has 0 aliphatic carbocycles. The lowest BCUT2D eigenvalue weighted by atomic mass is 10.1. The van der Waals surface area contributed by atoms with E-state index in [1.165, 1.54) is 0 Å². The Morgan fingerprint density at radius 2 is 2.17 bits per heavy atom. The van der Waals surface area contributed by atoms with E-state index in [-0.39, 0.29) is 12.0 Å². The fraction of sp³-hybridized carbons (Fsp3) is 0.875. The molecule has 0 saturated carbocycles. The third-order valence-corrected chi connectivity index (χ3v) is 1.43. The van der Waals surface area contributed by atoms with E-state index >= 15 is 0 Å². The van der Waals surface area contributed by atoms with Gasteiger partial charge in [-0.25, -0.2) is 0 Å². The first-order chi connectivity index (χ1) is 5.34. The second-order valence-electron chi connectivity index (χ2n) is 3.62. The van der Waals surface area contributed by atoms with Crippen LogP contribution in [0, 0.1) is 0 Å². The van der Waals surface area contributed by atoms with Crippen molar-refractivity contribution in [2.45, 2.75) is 38.8 Å². The lowest BCUT2D eigenvalue weighted by Gasteiger charge is -2.17. The van der Waals surface area contributed by atoms with Crippen LogP contribution < -0.4 is 11.1 Å². The van der Waals surface area contributed by atoms with E-state index in [1.807, 2.05) is 0 Å². The van der Waals surface area contributed by atoms with Crippen LogP contribution in [0.3, 0.4) is 0 Å². The van der Waals surface area contributed by atoms with Gasteiger partial charge in [-0.05, 0) is 27.2 Å². The summed E-state index contributed by atoms with van der Waals surface area (Å²) in [6, 6.07) is 0. The summed E-state index contributed by atoms with van der Waals surface area (Å²) >= 11 is 0. The normalized spacial score (nSPS) is 14.1. The molecule has 0 radical (unpaired) electrons. The Kier molecular flexibility index (Phi) is 4.20. The molecule has 0 fully saturated rings. The number of nitrogens with two attached hydrogens (primary N) is 1. The highest BCUT2D eigenvalue weighted by Crippen LogP contribution is 1.95. The molecule has 72 valence electrons. The molecular formula is C8H18N2O2. The highest BCUT2D eigenvalue weighted by atomic mass is 16.3. The summed E-state index contributed by atoms with van der Waals surface area (Å²) in [4.78, 5) is 11.1. The van der Waals surface area contributed by atoms with E-state index in [4.69, 9.17) is 10.8 Å². The Hall–Kier alpha value is -0.610. The molecular weight excluding hydrogens is 156 g/mol. The van der Waals surface area contributed by atoms with E-state index in [0.717, 1.165) is 0 Å². The largest absolute Gasteiger partial charge is 0.393 e. The van der Waals surface area contributed by atoms with Crippen LogP contribution >= 0.6 is 0 Å². The molecule has 0 saturated heterocycles. The van der Waals surface area contributed by atoms with Crippen molar-refractivity contribution >= 4 is 5.91 Å².